The van der Waals surface area contributed by atoms with Crippen LogP contribution in [0.1, 0.15) is 29.8 Å². The zero-order valence-corrected chi connectivity index (χ0v) is 19.3. The summed E-state index contributed by atoms with van der Waals surface area (Å²) in [6.45, 7) is 6.99. The first kappa shape index (κ1) is 22.3. The number of guanidine groups is 1. The number of aliphatic imine (C=N–C) groups is 1. The van der Waals surface area contributed by atoms with Crippen LogP contribution in [0.2, 0.25) is 0 Å². The van der Waals surface area contributed by atoms with Gasteiger partial charge in [0, 0.05) is 56.2 Å². The molecule has 6 nitrogen and oxygen atoms in total. The fourth-order valence-corrected chi connectivity index (χ4v) is 3.44. The highest BCUT2D eigenvalue weighted by Crippen LogP contribution is 2.22. The normalized spacial score (nSPS) is 11.5. The highest BCUT2D eigenvalue weighted by Gasteiger charge is 2.06. The molecule has 0 bridgehead atoms. The van der Waals surface area contributed by atoms with E-state index >= 15 is 0 Å². The molecule has 3 rings (SSSR count). The summed E-state index contributed by atoms with van der Waals surface area (Å²) in [7, 11) is 1.82. The van der Waals surface area contributed by atoms with Crippen molar-refractivity contribution >= 4 is 40.8 Å². The summed E-state index contributed by atoms with van der Waals surface area (Å²) in [5, 5.41) is 8.16. The maximum Gasteiger partial charge on any atom is 0.190 e. The second kappa shape index (κ2) is 11.1. The van der Waals surface area contributed by atoms with Gasteiger partial charge < -0.3 is 20.2 Å². The molecule has 0 spiro atoms. The Balaban J connectivity index is 0.00000280. The van der Waals surface area contributed by atoms with Crippen molar-refractivity contribution in [3.05, 3.63) is 53.7 Å². The van der Waals surface area contributed by atoms with E-state index in [9.17, 15) is 0 Å². The molecular weight excluding hydrogens is 463 g/mol. The van der Waals surface area contributed by atoms with Crippen LogP contribution in [0.25, 0.3) is 10.9 Å². The molecule has 2 heterocycles. The summed E-state index contributed by atoms with van der Waals surface area (Å²) >= 11 is 0. The SMILES string of the molecule is CN=C(NCCCCn1ccnc1C)NCCc1c[nH]c2cccc(C)c12.I. The Labute approximate surface area is 184 Å². The van der Waals surface area contributed by atoms with Gasteiger partial charge in [0.25, 0.3) is 0 Å². The van der Waals surface area contributed by atoms with Crippen LogP contribution >= 0.6 is 24.0 Å². The second-order valence-electron chi connectivity index (χ2n) is 6.86. The molecule has 0 amide bonds. The minimum atomic E-state index is 0. The van der Waals surface area contributed by atoms with Gasteiger partial charge in [-0.25, -0.2) is 4.98 Å². The second-order valence-corrected chi connectivity index (χ2v) is 6.86. The van der Waals surface area contributed by atoms with Crippen LogP contribution in [0, 0.1) is 13.8 Å². The maximum absolute atomic E-state index is 4.32. The van der Waals surface area contributed by atoms with Gasteiger partial charge in [-0.2, -0.15) is 0 Å². The lowest BCUT2D eigenvalue weighted by Crippen LogP contribution is -2.38. The van der Waals surface area contributed by atoms with Crippen LogP contribution in [0.4, 0.5) is 0 Å². The van der Waals surface area contributed by atoms with Gasteiger partial charge in [0.15, 0.2) is 5.96 Å². The van der Waals surface area contributed by atoms with Gasteiger partial charge in [0.05, 0.1) is 0 Å². The third-order valence-electron chi connectivity index (χ3n) is 4.95. The summed E-state index contributed by atoms with van der Waals surface area (Å²) in [6.07, 6.45) is 9.19. The Morgan fingerprint density at radius 2 is 2.00 bits per heavy atom. The number of aromatic nitrogens is 3. The highest BCUT2D eigenvalue weighted by molar-refractivity contribution is 14.0. The number of nitrogens with zero attached hydrogens (tertiary/aromatic N) is 3. The van der Waals surface area contributed by atoms with Crippen molar-refractivity contribution < 1.29 is 0 Å². The number of aromatic amines is 1. The van der Waals surface area contributed by atoms with Gasteiger partial charge in [-0.3, -0.25) is 4.99 Å². The van der Waals surface area contributed by atoms with Crippen LogP contribution < -0.4 is 10.6 Å². The monoisotopic (exact) mass is 494 g/mol. The van der Waals surface area contributed by atoms with Crippen molar-refractivity contribution in [2.75, 3.05) is 20.1 Å². The maximum atomic E-state index is 4.32. The topological polar surface area (TPSA) is 70.0 Å². The minimum absolute atomic E-state index is 0. The van der Waals surface area contributed by atoms with Crippen molar-refractivity contribution in [2.45, 2.75) is 39.7 Å². The Kier molecular flexibility index (Phi) is 8.82. The molecule has 0 aliphatic rings. The van der Waals surface area contributed by atoms with Crippen LogP contribution in [0.15, 0.2) is 41.8 Å². The van der Waals surface area contributed by atoms with E-state index in [4.69, 9.17) is 0 Å². The van der Waals surface area contributed by atoms with Crippen molar-refractivity contribution in [1.29, 1.82) is 0 Å². The summed E-state index contributed by atoms with van der Waals surface area (Å²) in [5.74, 6) is 1.94. The lowest BCUT2D eigenvalue weighted by atomic mass is 10.1. The van der Waals surface area contributed by atoms with Gasteiger partial charge in [-0.05, 0) is 50.3 Å². The van der Waals surface area contributed by atoms with Gasteiger partial charge in [0.1, 0.15) is 5.82 Å². The number of hydrogen-bond donors (Lipinski definition) is 3. The largest absolute Gasteiger partial charge is 0.361 e. The molecule has 0 atom stereocenters. The number of nitrogens with one attached hydrogen (secondary N) is 3. The van der Waals surface area contributed by atoms with Crippen LogP contribution in [0.3, 0.4) is 0 Å². The van der Waals surface area contributed by atoms with E-state index in [1.807, 2.05) is 26.4 Å². The third kappa shape index (κ3) is 5.73. The number of imidazole rings is 1. The van der Waals surface area contributed by atoms with Crippen molar-refractivity contribution in [2.24, 2.45) is 4.99 Å². The summed E-state index contributed by atoms with van der Waals surface area (Å²) in [6, 6.07) is 6.39. The number of fused-ring (bicyclic) bond motifs is 1. The average Bonchev–Trinajstić information content (AvgIpc) is 3.27. The predicted octanol–water partition coefficient (Wildman–Crippen LogP) is 3.79. The van der Waals surface area contributed by atoms with Gasteiger partial charge in [-0.1, -0.05) is 12.1 Å². The quantitative estimate of drug-likeness (QED) is 0.193. The van der Waals surface area contributed by atoms with Gasteiger partial charge in [0.2, 0.25) is 0 Å². The number of halogens is 1. The van der Waals surface area contributed by atoms with Crippen LogP contribution in [-0.4, -0.2) is 40.6 Å². The molecule has 2 aromatic heterocycles. The zero-order valence-electron chi connectivity index (χ0n) is 17.0. The van der Waals surface area contributed by atoms with E-state index in [1.165, 1.54) is 22.0 Å². The minimum Gasteiger partial charge on any atom is -0.361 e. The lowest BCUT2D eigenvalue weighted by Gasteiger charge is -2.12. The van der Waals surface area contributed by atoms with Crippen molar-refractivity contribution in [1.82, 2.24) is 25.2 Å². The predicted molar refractivity (Wildman–Crippen MR) is 128 cm³/mol. The van der Waals surface area contributed by atoms with E-state index in [1.54, 1.807) is 0 Å². The lowest BCUT2D eigenvalue weighted by molar-refractivity contribution is 0.588. The van der Waals surface area contributed by atoms with E-state index in [0.29, 0.717) is 0 Å². The summed E-state index contributed by atoms with van der Waals surface area (Å²) in [5.41, 5.74) is 3.88. The third-order valence-corrected chi connectivity index (χ3v) is 4.95. The molecule has 0 fully saturated rings. The molecule has 0 unspecified atom stereocenters. The van der Waals surface area contributed by atoms with E-state index in [2.05, 4.69) is 61.5 Å². The van der Waals surface area contributed by atoms with E-state index < -0.39 is 0 Å². The number of hydrogen-bond acceptors (Lipinski definition) is 2. The van der Waals surface area contributed by atoms with E-state index in [0.717, 1.165) is 50.7 Å². The van der Waals surface area contributed by atoms with Gasteiger partial charge in [-0.15, -0.1) is 24.0 Å². The Morgan fingerprint density at radius 1 is 1.18 bits per heavy atom. The first-order valence-electron chi connectivity index (χ1n) is 9.67. The summed E-state index contributed by atoms with van der Waals surface area (Å²) < 4.78 is 2.19. The fraction of sp³-hybridized carbons (Fsp3) is 0.429. The number of rotatable bonds is 8. The van der Waals surface area contributed by atoms with Crippen LogP contribution in [0.5, 0.6) is 0 Å². The number of H-pyrrole nitrogens is 1. The fourth-order valence-electron chi connectivity index (χ4n) is 3.44. The first-order valence-corrected chi connectivity index (χ1v) is 9.67. The Bertz CT molecular complexity index is 895. The van der Waals surface area contributed by atoms with Crippen molar-refractivity contribution in [3.63, 3.8) is 0 Å². The summed E-state index contributed by atoms with van der Waals surface area (Å²) in [4.78, 5) is 11.9. The molecule has 0 radical (unpaired) electrons. The number of benzene rings is 1. The van der Waals surface area contributed by atoms with E-state index in [-0.39, 0.29) is 24.0 Å². The first-order chi connectivity index (χ1) is 13.2. The average molecular weight is 494 g/mol. The molecule has 3 aromatic rings. The Morgan fingerprint density at radius 3 is 2.75 bits per heavy atom. The van der Waals surface area contributed by atoms with Gasteiger partial charge >= 0.3 is 0 Å². The molecule has 1 aromatic carbocycles. The molecule has 7 heteroatoms. The standard InChI is InChI=1S/C21H30N6.HI/c1-16-7-6-8-19-20(16)18(15-26-19)9-11-25-21(22-3)24-10-4-5-13-27-14-12-23-17(27)2;/h6-8,12,14-15,26H,4-5,9-11,13H2,1-3H3,(H2,22,24,25);1H. The molecule has 3 N–H and O–H groups in total. The molecule has 152 valence electrons. The number of unbranched alkanes of at least 4 members (excludes halogenated alkanes) is 1. The number of aryl methyl sites for hydroxylation is 3. The molecule has 0 saturated heterocycles. The molecule has 0 saturated carbocycles. The molecule has 0 aliphatic heterocycles. The van der Waals surface area contributed by atoms with Crippen LogP contribution in [-0.2, 0) is 13.0 Å². The smallest absolute Gasteiger partial charge is 0.190 e. The molecule has 0 aliphatic carbocycles. The molecule has 28 heavy (non-hydrogen) atoms. The van der Waals surface area contributed by atoms with Crippen molar-refractivity contribution in [3.8, 4) is 0 Å². The highest BCUT2D eigenvalue weighted by atomic mass is 127. The zero-order chi connectivity index (χ0) is 19.1. The molecular formula is C21H31IN6. The Hall–Kier alpha value is -2.03.